The number of phenols is 2. The second-order valence-corrected chi connectivity index (χ2v) is 6.26. The number of carbonyl (C=O) groups is 1. The maximum absolute atomic E-state index is 12.1. The summed E-state index contributed by atoms with van der Waals surface area (Å²) in [4.78, 5) is 12.1. The van der Waals surface area contributed by atoms with Gasteiger partial charge in [0.1, 0.15) is 5.75 Å². The van der Waals surface area contributed by atoms with Gasteiger partial charge < -0.3 is 14.9 Å². The van der Waals surface area contributed by atoms with E-state index in [-0.39, 0.29) is 17.2 Å². The quantitative estimate of drug-likeness (QED) is 0.338. The van der Waals surface area contributed by atoms with Gasteiger partial charge in [0.2, 0.25) is 0 Å². The zero-order valence-electron chi connectivity index (χ0n) is 12.3. The number of carbonyl (C=O) groups excluding carboxylic acids is 1. The Morgan fingerprint density at radius 1 is 1.23 bits per heavy atom. The lowest BCUT2D eigenvalue weighted by Crippen LogP contribution is -2.08. The van der Waals surface area contributed by atoms with Gasteiger partial charge in [0.25, 0.3) is 0 Å². The van der Waals surface area contributed by atoms with E-state index in [1.54, 1.807) is 12.1 Å². The summed E-state index contributed by atoms with van der Waals surface area (Å²) in [6, 6.07) is 10.00. The summed E-state index contributed by atoms with van der Waals surface area (Å²) in [5, 5.41) is 19.0. The zero-order chi connectivity index (χ0) is 16.3. The van der Waals surface area contributed by atoms with Crippen LogP contribution >= 0.6 is 22.6 Å². The first-order valence-corrected chi connectivity index (χ1v) is 8.03. The largest absolute Gasteiger partial charge is 0.504 e. The highest BCUT2D eigenvalue weighted by molar-refractivity contribution is 14.1. The molecule has 0 aliphatic rings. The molecule has 0 spiro atoms. The molecule has 0 aliphatic heterocycles. The Kier molecular flexibility index (Phi) is 5.28. The van der Waals surface area contributed by atoms with E-state index in [4.69, 9.17) is 4.74 Å². The van der Waals surface area contributed by atoms with Crippen molar-refractivity contribution in [3.8, 4) is 17.2 Å². The van der Waals surface area contributed by atoms with Crippen LogP contribution in [-0.2, 0) is 0 Å². The molecular weight excluding hydrogens is 395 g/mol. The average Bonchev–Trinajstić information content (AvgIpc) is 2.51. The van der Waals surface area contributed by atoms with Crippen molar-refractivity contribution in [2.75, 3.05) is 0 Å². The lowest BCUT2D eigenvalue weighted by molar-refractivity contribution is 0.0734. The first-order valence-electron chi connectivity index (χ1n) is 6.96. The minimum Gasteiger partial charge on any atom is -0.504 e. The van der Waals surface area contributed by atoms with Crippen LogP contribution in [0, 0.1) is 3.57 Å². The minimum absolute atomic E-state index is 0.190. The van der Waals surface area contributed by atoms with E-state index in [0.29, 0.717) is 15.1 Å². The second-order valence-electron chi connectivity index (χ2n) is 5.09. The Morgan fingerprint density at radius 2 is 1.86 bits per heavy atom. The van der Waals surface area contributed by atoms with Gasteiger partial charge >= 0.3 is 5.97 Å². The van der Waals surface area contributed by atoms with Crippen LogP contribution in [-0.4, -0.2) is 16.2 Å². The van der Waals surface area contributed by atoms with Crippen LogP contribution in [0.25, 0.3) is 0 Å². The van der Waals surface area contributed by atoms with Gasteiger partial charge in [-0.15, -0.1) is 0 Å². The van der Waals surface area contributed by atoms with Gasteiger partial charge in [-0.1, -0.05) is 26.0 Å². The normalized spacial score (nSPS) is 12.0. The summed E-state index contributed by atoms with van der Waals surface area (Å²) < 4.78 is 5.64. The number of phenolic OH excluding ortho intramolecular Hbond substituents is 2. The monoisotopic (exact) mass is 412 g/mol. The zero-order valence-corrected chi connectivity index (χ0v) is 14.5. The highest BCUT2D eigenvalue weighted by Gasteiger charge is 2.13. The number of rotatable bonds is 4. The third-order valence-electron chi connectivity index (χ3n) is 3.56. The molecule has 2 rings (SSSR count). The number of esters is 1. The van der Waals surface area contributed by atoms with Crippen LogP contribution in [0.3, 0.4) is 0 Å². The molecule has 2 aromatic carbocycles. The average molecular weight is 412 g/mol. The Balaban J connectivity index is 2.15. The van der Waals surface area contributed by atoms with E-state index >= 15 is 0 Å². The van der Waals surface area contributed by atoms with E-state index in [9.17, 15) is 15.0 Å². The molecule has 0 aliphatic carbocycles. The van der Waals surface area contributed by atoms with Gasteiger partial charge in [-0.2, -0.15) is 0 Å². The first-order chi connectivity index (χ1) is 10.4. The SMILES string of the molecule is CCC(C)c1ccc(C(=O)Oc2cc(O)c(O)c(I)c2)cc1. The van der Waals surface area contributed by atoms with Gasteiger partial charge in [0.05, 0.1) is 9.13 Å². The molecule has 22 heavy (non-hydrogen) atoms. The van der Waals surface area contributed by atoms with Gasteiger partial charge in [0, 0.05) is 6.07 Å². The van der Waals surface area contributed by atoms with Crippen molar-refractivity contribution in [2.24, 2.45) is 0 Å². The molecule has 2 N–H and O–H groups in total. The number of halogens is 1. The molecule has 0 fully saturated rings. The lowest BCUT2D eigenvalue weighted by Gasteiger charge is -2.10. The van der Waals surface area contributed by atoms with Crippen molar-refractivity contribution >= 4 is 28.6 Å². The van der Waals surface area contributed by atoms with E-state index in [1.165, 1.54) is 17.7 Å². The fourth-order valence-corrected chi connectivity index (χ4v) is 2.55. The number of ether oxygens (including phenoxy) is 1. The van der Waals surface area contributed by atoms with Crippen molar-refractivity contribution in [1.82, 2.24) is 0 Å². The Hall–Kier alpha value is -1.76. The predicted molar refractivity (Wildman–Crippen MR) is 92.6 cm³/mol. The Morgan fingerprint density at radius 3 is 2.41 bits per heavy atom. The molecule has 0 aromatic heterocycles. The fraction of sp³-hybridized carbons (Fsp3) is 0.235. The van der Waals surface area contributed by atoms with Crippen LogP contribution in [0.1, 0.15) is 42.1 Å². The lowest BCUT2D eigenvalue weighted by atomic mass is 9.98. The standard InChI is InChI=1S/C17H17IO4/c1-3-10(2)11-4-6-12(7-5-11)17(21)22-13-8-14(18)16(20)15(19)9-13/h4-10,19-20H,3H2,1-2H3. The molecule has 0 heterocycles. The molecule has 0 saturated heterocycles. The Labute approximate surface area is 142 Å². The van der Waals surface area contributed by atoms with E-state index in [1.807, 2.05) is 34.7 Å². The number of hydrogen-bond acceptors (Lipinski definition) is 4. The highest BCUT2D eigenvalue weighted by Crippen LogP contribution is 2.34. The minimum atomic E-state index is -0.503. The molecule has 116 valence electrons. The maximum Gasteiger partial charge on any atom is 0.343 e. The molecule has 1 unspecified atom stereocenters. The van der Waals surface area contributed by atoms with Gasteiger partial charge in [-0.25, -0.2) is 4.79 Å². The van der Waals surface area contributed by atoms with Crippen LogP contribution in [0.5, 0.6) is 17.2 Å². The summed E-state index contributed by atoms with van der Waals surface area (Å²) in [5.41, 5.74) is 1.62. The molecule has 0 bridgehead atoms. The molecule has 4 nitrogen and oxygen atoms in total. The van der Waals surface area contributed by atoms with Crippen molar-refractivity contribution in [2.45, 2.75) is 26.2 Å². The number of benzene rings is 2. The van der Waals surface area contributed by atoms with Crippen molar-refractivity contribution < 1.29 is 19.7 Å². The fourth-order valence-electron chi connectivity index (χ4n) is 1.97. The maximum atomic E-state index is 12.1. The highest BCUT2D eigenvalue weighted by atomic mass is 127. The summed E-state index contributed by atoms with van der Waals surface area (Å²) in [7, 11) is 0. The van der Waals surface area contributed by atoms with Crippen LogP contribution in [0.15, 0.2) is 36.4 Å². The van der Waals surface area contributed by atoms with E-state index < -0.39 is 5.97 Å². The third-order valence-corrected chi connectivity index (χ3v) is 4.38. The van der Waals surface area contributed by atoms with E-state index in [0.717, 1.165) is 6.42 Å². The summed E-state index contributed by atoms with van der Waals surface area (Å²) >= 11 is 1.85. The first kappa shape index (κ1) is 16.6. The van der Waals surface area contributed by atoms with Crippen molar-refractivity contribution in [1.29, 1.82) is 0 Å². The smallest absolute Gasteiger partial charge is 0.343 e. The van der Waals surface area contributed by atoms with Crippen LogP contribution in [0.4, 0.5) is 0 Å². The molecule has 5 heteroatoms. The number of aromatic hydroxyl groups is 2. The molecule has 2 aromatic rings. The van der Waals surface area contributed by atoms with Crippen molar-refractivity contribution in [3.63, 3.8) is 0 Å². The topological polar surface area (TPSA) is 66.8 Å². The van der Waals surface area contributed by atoms with Crippen LogP contribution < -0.4 is 4.74 Å². The van der Waals surface area contributed by atoms with Gasteiger partial charge in [-0.05, 0) is 58.7 Å². The molecular formula is C17H17IO4. The van der Waals surface area contributed by atoms with Crippen LogP contribution in [0.2, 0.25) is 0 Å². The predicted octanol–water partition coefficient (Wildman–Crippen LogP) is 4.44. The molecule has 1 atom stereocenters. The molecule has 0 saturated carbocycles. The number of hydrogen-bond donors (Lipinski definition) is 2. The second kappa shape index (κ2) is 7.00. The third kappa shape index (κ3) is 3.71. The summed E-state index contributed by atoms with van der Waals surface area (Å²) in [6.07, 6.45) is 1.04. The van der Waals surface area contributed by atoms with Crippen molar-refractivity contribution in [3.05, 3.63) is 51.1 Å². The molecule has 0 amide bonds. The van der Waals surface area contributed by atoms with Gasteiger partial charge in [0.15, 0.2) is 11.5 Å². The van der Waals surface area contributed by atoms with Gasteiger partial charge in [-0.3, -0.25) is 0 Å². The summed E-state index contributed by atoms with van der Waals surface area (Å²) in [5.74, 6) is -0.409. The van der Waals surface area contributed by atoms with E-state index in [2.05, 4.69) is 13.8 Å². The Bertz CT molecular complexity index is 657. The molecule has 0 radical (unpaired) electrons. The summed E-state index contributed by atoms with van der Waals surface area (Å²) in [6.45, 7) is 4.25.